The van der Waals surface area contributed by atoms with E-state index in [0.29, 0.717) is 22.9 Å². The van der Waals surface area contributed by atoms with Gasteiger partial charge in [0.1, 0.15) is 0 Å². The summed E-state index contributed by atoms with van der Waals surface area (Å²) in [6, 6.07) is 14.4. The minimum atomic E-state index is -0.362. The number of carbonyl (C=O) groups is 1. The van der Waals surface area contributed by atoms with Gasteiger partial charge in [0.15, 0.2) is 18.1 Å². The SMILES string of the molecule is COc1ccccc1OCC(=O)N/N=C(\C)c1cccc(N)c1. The molecular weight excluding hydrogens is 294 g/mol. The molecule has 120 valence electrons. The highest BCUT2D eigenvalue weighted by atomic mass is 16.5. The maximum absolute atomic E-state index is 11.8. The van der Waals surface area contributed by atoms with E-state index in [1.807, 2.05) is 18.2 Å². The van der Waals surface area contributed by atoms with Crippen molar-refractivity contribution in [3.05, 3.63) is 54.1 Å². The van der Waals surface area contributed by atoms with Crippen LogP contribution < -0.4 is 20.6 Å². The number of nitrogens with zero attached hydrogens (tertiary/aromatic N) is 1. The highest BCUT2D eigenvalue weighted by molar-refractivity contribution is 5.99. The molecule has 0 saturated heterocycles. The fourth-order valence-corrected chi connectivity index (χ4v) is 1.89. The molecule has 2 aromatic rings. The maximum Gasteiger partial charge on any atom is 0.277 e. The van der Waals surface area contributed by atoms with Gasteiger partial charge in [-0.15, -0.1) is 0 Å². The van der Waals surface area contributed by atoms with E-state index in [4.69, 9.17) is 15.2 Å². The van der Waals surface area contributed by atoms with Crippen molar-refractivity contribution < 1.29 is 14.3 Å². The molecule has 3 N–H and O–H groups in total. The zero-order valence-corrected chi connectivity index (χ0v) is 13.1. The first-order valence-electron chi connectivity index (χ1n) is 7.05. The summed E-state index contributed by atoms with van der Waals surface area (Å²) in [4.78, 5) is 11.8. The normalized spacial score (nSPS) is 11.0. The van der Waals surface area contributed by atoms with Gasteiger partial charge in [0.2, 0.25) is 0 Å². The average Bonchev–Trinajstić information content (AvgIpc) is 2.58. The van der Waals surface area contributed by atoms with Crippen molar-refractivity contribution in [3.63, 3.8) is 0 Å². The smallest absolute Gasteiger partial charge is 0.277 e. The van der Waals surface area contributed by atoms with Gasteiger partial charge in [0, 0.05) is 5.69 Å². The van der Waals surface area contributed by atoms with E-state index < -0.39 is 0 Å². The Bertz CT molecular complexity index is 714. The van der Waals surface area contributed by atoms with E-state index in [1.54, 1.807) is 44.4 Å². The Morgan fingerprint density at radius 2 is 1.91 bits per heavy atom. The Labute approximate surface area is 134 Å². The van der Waals surface area contributed by atoms with Crippen LogP contribution in [0.2, 0.25) is 0 Å². The van der Waals surface area contributed by atoms with Gasteiger partial charge in [-0.2, -0.15) is 5.10 Å². The van der Waals surface area contributed by atoms with Crippen molar-refractivity contribution in [2.75, 3.05) is 19.5 Å². The number of anilines is 1. The Balaban J connectivity index is 1.91. The van der Waals surface area contributed by atoms with Crippen LogP contribution in [0.5, 0.6) is 11.5 Å². The summed E-state index contributed by atoms with van der Waals surface area (Å²) in [5.41, 5.74) is 10.3. The second-order valence-corrected chi connectivity index (χ2v) is 4.80. The van der Waals surface area contributed by atoms with Gasteiger partial charge in [0.25, 0.3) is 5.91 Å². The van der Waals surface area contributed by atoms with Crippen molar-refractivity contribution in [3.8, 4) is 11.5 Å². The third-order valence-corrected chi connectivity index (χ3v) is 3.08. The maximum atomic E-state index is 11.8. The number of amides is 1. The first-order chi connectivity index (χ1) is 11.1. The minimum Gasteiger partial charge on any atom is -0.493 e. The van der Waals surface area contributed by atoms with Gasteiger partial charge in [-0.3, -0.25) is 4.79 Å². The third-order valence-electron chi connectivity index (χ3n) is 3.08. The number of nitrogens with two attached hydrogens (primary N) is 1. The Kier molecular flexibility index (Phi) is 5.57. The third kappa shape index (κ3) is 4.74. The fraction of sp³-hybridized carbons (Fsp3) is 0.176. The van der Waals surface area contributed by atoms with Gasteiger partial charge < -0.3 is 15.2 Å². The highest BCUT2D eigenvalue weighted by Gasteiger charge is 2.06. The molecule has 0 aliphatic heterocycles. The van der Waals surface area contributed by atoms with Gasteiger partial charge in [-0.25, -0.2) is 5.43 Å². The van der Waals surface area contributed by atoms with Crippen LogP contribution in [0.4, 0.5) is 5.69 Å². The predicted molar refractivity (Wildman–Crippen MR) is 89.7 cm³/mol. The van der Waals surface area contributed by atoms with E-state index in [1.165, 1.54) is 0 Å². The summed E-state index contributed by atoms with van der Waals surface area (Å²) in [5, 5.41) is 4.04. The molecule has 6 nitrogen and oxygen atoms in total. The monoisotopic (exact) mass is 313 g/mol. The molecule has 0 spiro atoms. The lowest BCUT2D eigenvalue weighted by Crippen LogP contribution is -2.25. The van der Waals surface area contributed by atoms with Gasteiger partial charge in [-0.1, -0.05) is 24.3 Å². The Morgan fingerprint density at radius 3 is 2.61 bits per heavy atom. The van der Waals surface area contributed by atoms with Crippen LogP contribution in [0.3, 0.4) is 0 Å². The van der Waals surface area contributed by atoms with Crippen molar-refractivity contribution in [1.29, 1.82) is 0 Å². The van der Waals surface area contributed by atoms with E-state index in [2.05, 4.69) is 10.5 Å². The average molecular weight is 313 g/mol. The molecule has 0 aliphatic carbocycles. The van der Waals surface area contributed by atoms with Crippen molar-refractivity contribution in [2.24, 2.45) is 5.10 Å². The summed E-state index contributed by atoms with van der Waals surface area (Å²) in [7, 11) is 1.54. The first kappa shape index (κ1) is 16.4. The van der Waals surface area contributed by atoms with Crippen molar-refractivity contribution in [1.82, 2.24) is 5.43 Å². The zero-order valence-electron chi connectivity index (χ0n) is 13.1. The lowest BCUT2D eigenvalue weighted by molar-refractivity contribution is -0.123. The fourth-order valence-electron chi connectivity index (χ4n) is 1.89. The molecule has 0 radical (unpaired) electrons. The van der Waals surface area contributed by atoms with Crippen molar-refractivity contribution >= 4 is 17.3 Å². The number of hydrogen-bond acceptors (Lipinski definition) is 5. The number of methoxy groups -OCH3 is 1. The Hall–Kier alpha value is -3.02. The summed E-state index contributed by atoms with van der Waals surface area (Å²) < 4.78 is 10.6. The molecule has 1 amide bonds. The van der Waals surface area contributed by atoms with Gasteiger partial charge >= 0.3 is 0 Å². The number of nitrogen functional groups attached to an aromatic ring is 1. The van der Waals surface area contributed by atoms with E-state index in [-0.39, 0.29) is 12.5 Å². The van der Waals surface area contributed by atoms with Gasteiger partial charge in [0.05, 0.1) is 12.8 Å². The van der Waals surface area contributed by atoms with Crippen LogP contribution in [0.25, 0.3) is 0 Å². The largest absolute Gasteiger partial charge is 0.493 e. The molecule has 0 aromatic heterocycles. The predicted octanol–water partition coefficient (Wildman–Crippen LogP) is 2.20. The molecule has 2 rings (SSSR count). The molecule has 0 fully saturated rings. The summed E-state index contributed by atoms with van der Waals surface area (Å²) in [6.07, 6.45) is 0. The number of carbonyl (C=O) groups excluding carboxylic acids is 1. The number of nitrogens with one attached hydrogen (secondary N) is 1. The van der Waals surface area contributed by atoms with Crippen LogP contribution >= 0.6 is 0 Å². The van der Waals surface area contributed by atoms with Gasteiger partial charge in [-0.05, 0) is 36.8 Å². The topological polar surface area (TPSA) is 85.9 Å². The molecule has 0 heterocycles. The standard InChI is InChI=1S/C17H19N3O3/c1-12(13-6-5-7-14(18)10-13)19-20-17(21)11-23-16-9-4-3-8-15(16)22-2/h3-10H,11,18H2,1-2H3,(H,20,21)/b19-12+. The van der Waals surface area contributed by atoms with E-state index >= 15 is 0 Å². The summed E-state index contributed by atoms with van der Waals surface area (Å²) in [5.74, 6) is 0.709. The van der Waals surface area contributed by atoms with Crippen molar-refractivity contribution in [2.45, 2.75) is 6.92 Å². The second kappa shape index (κ2) is 7.84. The molecule has 0 unspecified atom stereocenters. The molecule has 0 bridgehead atoms. The molecule has 23 heavy (non-hydrogen) atoms. The number of para-hydroxylation sites is 2. The number of benzene rings is 2. The molecule has 6 heteroatoms. The van der Waals surface area contributed by atoms with Crippen LogP contribution in [0, 0.1) is 0 Å². The summed E-state index contributed by atoms with van der Waals surface area (Å²) >= 11 is 0. The van der Waals surface area contributed by atoms with Crippen LogP contribution in [0.15, 0.2) is 53.6 Å². The quantitative estimate of drug-likeness (QED) is 0.486. The molecule has 2 aromatic carbocycles. The van der Waals surface area contributed by atoms with E-state index in [0.717, 1.165) is 5.56 Å². The summed E-state index contributed by atoms with van der Waals surface area (Å²) in [6.45, 7) is 1.63. The second-order valence-electron chi connectivity index (χ2n) is 4.80. The molecule has 0 atom stereocenters. The molecule has 0 aliphatic rings. The highest BCUT2D eigenvalue weighted by Crippen LogP contribution is 2.25. The van der Waals surface area contributed by atoms with E-state index in [9.17, 15) is 4.79 Å². The van der Waals surface area contributed by atoms with Crippen LogP contribution in [-0.2, 0) is 4.79 Å². The molecule has 0 saturated carbocycles. The molecular formula is C17H19N3O3. The number of hydrogen-bond donors (Lipinski definition) is 2. The Morgan fingerprint density at radius 1 is 1.17 bits per heavy atom. The van der Waals surface area contributed by atoms with Crippen LogP contribution in [-0.4, -0.2) is 25.3 Å². The lowest BCUT2D eigenvalue weighted by atomic mass is 10.1. The lowest BCUT2D eigenvalue weighted by Gasteiger charge is -2.09. The first-order valence-corrected chi connectivity index (χ1v) is 7.05. The number of ether oxygens (including phenoxy) is 2. The minimum absolute atomic E-state index is 0.159. The zero-order chi connectivity index (χ0) is 16.7. The van der Waals surface area contributed by atoms with Crippen LogP contribution in [0.1, 0.15) is 12.5 Å². The number of rotatable bonds is 6. The number of hydrazone groups is 1.